The summed E-state index contributed by atoms with van der Waals surface area (Å²) in [6, 6.07) is 1.99. The van der Waals surface area contributed by atoms with Gasteiger partial charge in [0, 0.05) is 12.1 Å². The van der Waals surface area contributed by atoms with E-state index in [1.807, 2.05) is 6.07 Å². The zero-order valence-corrected chi connectivity index (χ0v) is 16.7. The van der Waals surface area contributed by atoms with E-state index >= 15 is 0 Å². The van der Waals surface area contributed by atoms with Crippen LogP contribution in [-0.2, 0) is 14.4 Å². The molecule has 0 aromatic carbocycles. The summed E-state index contributed by atoms with van der Waals surface area (Å²) >= 11 is 0. The number of carboxylic acid groups (broad SMARTS) is 1. The Hall–Kier alpha value is -2.82. The molecule has 1 aliphatic heterocycles. The monoisotopic (exact) mass is 400 g/mol. The molecule has 0 aromatic heterocycles. The second-order valence-electron chi connectivity index (χ2n) is 7.96. The minimum atomic E-state index is -1.21. The van der Waals surface area contributed by atoms with Crippen molar-refractivity contribution < 1.29 is 19.5 Å². The molecule has 1 heterocycles. The maximum atomic E-state index is 13.3. The SMILES string of the molecule is C=C1N(C2CCCCC2)C(=O)C(C(=O)NCC(=O)O)=C(C#N)N1C1CCCCC1. The first kappa shape index (κ1) is 20.9. The van der Waals surface area contributed by atoms with Crippen LogP contribution in [0.2, 0.25) is 0 Å². The molecule has 2 fully saturated rings. The van der Waals surface area contributed by atoms with Gasteiger partial charge in [0.25, 0.3) is 11.8 Å². The number of carbonyl (C=O) groups excluding carboxylic acids is 2. The Morgan fingerprint density at radius 3 is 2.03 bits per heavy atom. The molecule has 29 heavy (non-hydrogen) atoms. The van der Waals surface area contributed by atoms with E-state index < -0.39 is 24.3 Å². The third-order valence-corrected chi connectivity index (χ3v) is 6.08. The Bertz CT molecular complexity index is 770. The van der Waals surface area contributed by atoms with Crippen molar-refractivity contribution in [2.45, 2.75) is 76.3 Å². The normalized spacial score (nSPS) is 21.9. The molecule has 0 saturated heterocycles. The van der Waals surface area contributed by atoms with Crippen molar-refractivity contribution in [3.8, 4) is 6.07 Å². The Kier molecular flexibility index (Phi) is 6.57. The number of amides is 2. The fraction of sp³-hybridized carbons (Fsp3) is 0.619. The van der Waals surface area contributed by atoms with E-state index in [-0.39, 0.29) is 23.4 Å². The van der Waals surface area contributed by atoms with Crippen molar-refractivity contribution in [3.05, 3.63) is 23.7 Å². The van der Waals surface area contributed by atoms with Gasteiger partial charge in [-0.05, 0) is 25.7 Å². The van der Waals surface area contributed by atoms with Gasteiger partial charge in [-0.2, -0.15) is 5.26 Å². The second kappa shape index (κ2) is 9.12. The lowest BCUT2D eigenvalue weighted by Gasteiger charge is -2.47. The molecule has 0 radical (unpaired) electrons. The van der Waals surface area contributed by atoms with Crippen LogP contribution in [0.3, 0.4) is 0 Å². The van der Waals surface area contributed by atoms with E-state index in [1.165, 1.54) is 0 Å². The van der Waals surface area contributed by atoms with Crippen molar-refractivity contribution in [2.75, 3.05) is 6.54 Å². The summed E-state index contributed by atoms with van der Waals surface area (Å²) < 4.78 is 0. The van der Waals surface area contributed by atoms with Crippen LogP contribution >= 0.6 is 0 Å². The summed E-state index contributed by atoms with van der Waals surface area (Å²) in [6.45, 7) is 3.55. The summed E-state index contributed by atoms with van der Waals surface area (Å²) in [6.07, 6.45) is 9.66. The van der Waals surface area contributed by atoms with Crippen LogP contribution in [0.1, 0.15) is 64.2 Å². The average molecular weight is 400 g/mol. The fourth-order valence-electron chi connectivity index (χ4n) is 4.71. The van der Waals surface area contributed by atoms with Crippen molar-refractivity contribution in [1.29, 1.82) is 5.26 Å². The third-order valence-electron chi connectivity index (χ3n) is 6.08. The van der Waals surface area contributed by atoms with Gasteiger partial charge in [0.1, 0.15) is 29.7 Å². The minimum absolute atomic E-state index is 0.00682. The molecule has 0 atom stereocenters. The first-order valence-corrected chi connectivity index (χ1v) is 10.4. The number of nitrogens with one attached hydrogen (secondary N) is 1. The number of carbonyl (C=O) groups is 3. The third kappa shape index (κ3) is 4.29. The number of hydrogen-bond donors (Lipinski definition) is 2. The number of aliphatic carboxylic acids is 1. The van der Waals surface area contributed by atoms with Gasteiger partial charge in [0.15, 0.2) is 0 Å². The quantitative estimate of drug-likeness (QED) is 0.684. The molecular formula is C21H28N4O4. The molecule has 2 aliphatic carbocycles. The van der Waals surface area contributed by atoms with E-state index in [0.29, 0.717) is 5.82 Å². The molecule has 3 rings (SSSR count). The highest BCUT2D eigenvalue weighted by Crippen LogP contribution is 2.38. The van der Waals surface area contributed by atoms with Crippen molar-refractivity contribution in [1.82, 2.24) is 15.1 Å². The Labute approximate surface area is 170 Å². The molecule has 2 N–H and O–H groups in total. The highest BCUT2D eigenvalue weighted by Gasteiger charge is 2.44. The van der Waals surface area contributed by atoms with E-state index in [9.17, 15) is 19.6 Å². The van der Waals surface area contributed by atoms with Crippen LogP contribution in [0.15, 0.2) is 23.7 Å². The van der Waals surface area contributed by atoms with Crippen molar-refractivity contribution in [3.63, 3.8) is 0 Å². The lowest BCUT2D eigenvalue weighted by Crippen LogP contribution is -2.54. The summed E-state index contributed by atoms with van der Waals surface area (Å²) in [5, 5.41) is 21.0. The van der Waals surface area contributed by atoms with E-state index in [4.69, 9.17) is 5.11 Å². The molecule has 2 amide bonds. The van der Waals surface area contributed by atoms with Crippen LogP contribution in [0.4, 0.5) is 0 Å². The number of carboxylic acids is 1. The largest absolute Gasteiger partial charge is 0.480 e. The maximum absolute atomic E-state index is 13.3. The molecule has 156 valence electrons. The number of nitriles is 1. The van der Waals surface area contributed by atoms with Gasteiger partial charge >= 0.3 is 5.97 Å². The molecule has 8 nitrogen and oxygen atoms in total. The first-order valence-electron chi connectivity index (χ1n) is 10.4. The molecule has 3 aliphatic rings. The summed E-state index contributed by atoms with van der Waals surface area (Å²) in [4.78, 5) is 40.3. The van der Waals surface area contributed by atoms with Gasteiger partial charge in [-0.15, -0.1) is 0 Å². The summed E-state index contributed by atoms with van der Waals surface area (Å²) in [7, 11) is 0. The Balaban J connectivity index is 2.02. The zero-order valence-electron chi connectivity index (χ0n) is 16.7. The van der Waals surface area contributed by atoms with E-state index in [2.05, 4.69) is 11.9 Å². The molecule has 0 bridgehead atoms. The van der Waals surface area contributed by atoms with Gasteiger partial charge < -0.3 is 15.3 Å². The minimum Gasteiger partial charge on any atom is -0.480 e. The predicted octanol–water partition coefficient (Wildman–Crippen LogP) is 2.25. The van der Waals surface area contributed by atoms with Gasteiger partial charge in [0.2, 0.25) is 0 Å². The summed E-state index contributed by atoms with van der Waals surface area (Å²) in [5.41, 5.74) is -0.279. The van der Waals surface area contributed by atoms with Crippen LogP contribution in [0.25, 0.3) is 0 Å². The van der Waals surface area contributed by atoms with Gasteiger partial charge in [-0.1, -0.05) is 45.1 Å². The predicted molar refractivity (Wildman–Crippen MR) is 105 cm³/mol. The van der Waals surface area contributed by atoms with E-state index in [1.54, 1.807) is 9.80 Å². The van der Waals surface area contributed by atoms with Crippen LogP contribution in [-0.4, -0.2) is 51.3 Å². The molecule has 2 saturated carbocycles. The number of hydrogen-bond acceptors (Lipinski definition) is 5. The first-order chi connectivity index (χ1) is 14.0. The molecule has 0 spiro atoms. The molecular weight excluding hydrogens is 372 g/mol. The highest BCUT2D eigenvalue weighted by molar-refractivity contribution is 6.20. The Morgan fingerprint density at radius 1 is 1.03 bits per heavy atom. The van der Waals surface area contributed by atoms with Crippen LogP contribution in [0, 0.1) is 11.3 Å². The van der Waals surface area contributed by atoms with Crippen LogP contribution < -0.4 is 5.32 Å². The smallest absolute Gasteiger partial charge is 0.322 e. The Morgan fingerprint density at radius 2 is 1.55 bits per heavy atom. The summed E-state index contributed by atoms with van der Waals surface area (Å²) in [5.74, 6) is -2.10. The molecule has 0 aromatic rings. The topological polar surface area (TPSA) is 114 Å². The number of allylic oxidation sites excluding steroid dienone is 1. The van der Waals surface area contributed by atoms with Crippen LogP contribution in [0.5, 0.6) is 0 Å². The van der Waals surface area contributed by atoms with Gasteiger partial charge in [-0.25, -0.2) is 0 Å². The lowest BCUT2D eigenvalue weighted by molar-refractivity contribution is -0.139. The second-order valence-corrected chi connectivity index (χ2v) is 7.96. The zero-order chi connectivity index (χ0) is 21.0. The van der Waals surface area contributed by atoms with Gasteiger partial charge in [-0.3, -0.25) is 19.3 Å². The molecule has 0 unspecified atom stereocenters. The van der Waals surface area contributed by atoms with E-state index in [0.717, 1.165) is 64.2 Å². The van der Waals surface area contributed by atoms with Gasteiger partial charge in [0.05, 0.1) is 0 Å². The average Bonchev–Trinajstić information content (AvgIpc) is 2.73. The highest BCUT2D eigenvalue weighted by atomic mass is 16.4. The fourth-order valence-corrected chi connectivity index (χ4v) is 4.71. The lowest BCUT2D eigenvalue weighted by atomic mass is 9.90. The number of nitrogens with zero attached hydrogens (tertiary/aromatic N) is 3. The van der Waals surface area contributed by atoms with Crippen molar-refractivity contribution >= 4 is 17.8 Å². The standard InChI is InChI=1S/C21H28N4O4/c1-14-24(15-8-4-2-5-9-15)17(12-22)19(20(28)23-13-18(26)27)21(29)25(14)16-10-6-3-7-11-16/h15-16H,1-11,13H2,(H,23,28)(H,26,27). The maximum Gasteiger partial charge on any atom is 0.322 e. The van der Waals surface area contributed by atoms with Crippen molar-refractivity contribution in [2.24, 2.45) is 0 Å². The number of rotatable bonds is 5. The molecule has 8 heteroatoms.